The summed E-state index contributed by atoms with van der Waals surface area (Å²) in [5, 5.41) is 28.6. The molecule has 0 saturated heterocycles. The first-order valence-corrected chi connectivity index (χ1v) is 16.5. The van der Waals surface area contributed by atoms with E-state index in [1.807, 2.05) is 13.0 Å². The molecule has 0 bridgehead atoms. The number of hydrogen-bond donors (Lipinski definition) is 4. The average molecular weight is 654 g/mol. The standard InChI is InChI=1S/C30H29F2N7O4S2/c1-15-24(29-38-25-16(2)34-11-8-23(25)44-29)28(39-30(36-15)35-13-19-20(31)4-3-5-21(19)32)37-22-12-17(26(40)27(22)41)14-45(42,43)18-6-9-33-10-7-18/h3-11,17,22,26-27,40-41H,12-14H2,1-2H3,(H2,35,36,37,39)/t17-,22-,26-,27+/m1/s1. The van der Waals surface area contributed by atoms with Crippen LogP contribution in [0, 0.1) is 31.4 Å². The number of benzene rings is 1. The molecule has 0 unspecified atom stereocenters. The molecule has 0 spiro atoms. The van der Waals surface area contributed by atoms with Gasteiger partial charge < -0.3 is 20.8 Å². The smallest absolute Gasteiger partial charge is 0.225 e. The first-order valence-electron chi connectivity index (χ1n) is 14.0. The number of aliphatic hydroxyl groups is 2. The molecule has 11 nitrogen and oxygen atoms in total. The van der Waals surface area contributed by atoms with Crippen LogP contribution in [-0.4, -0.2) is 67.6 Å². The number of fused-ring (bicyclic) bond motifs is 1. The molecule has 234 valence electrons. The van der Waals surface area contributed by atoms with Crippen molar-refractivity contribution in [2.24, 2.45) is 5.92 Å². The number of aromatic nitrogens is 5. The predicted octanol–water partition coefficient (Wildman–Crippen LogP) is 4.05. The highest BCUT2D eigenvalue weighted by molar-refractivity contribution is 7.91. The molecule has 0 amide bonds. The van der Waals surface area contributed by atoms with Gasteiger partial charge in [-0.05, 0) is 50.6 Å². The van der Waals surface area contributed by atoms with Gasteiger partial charge in [-0.3, -0.25) is 9.97 Å². The number of nitrogens with zero attached hydrogens (tertiary/aromatic N) is 5. The molecule has 4 N–H and O–H groups in total. The van der Waals surface area contributed by atoms with Crippen LogP contribution in [0.5, 0.6) is 0 Å². The molecule has 1 saturated carbocycles. The molecule has 1 aliphatic carbocycles. The first-order chi connectivity index (χ1) is 21.5. The summed E-state index contributed by atoms with van der Waals surface area (Å²) in [7, 11) is -3.77. The summed E-state index contributed by atoms with van der Waals surface area (Å²) < 4.78 is 55.6. The highest BCUT2D eigenvalue weighted by Crippen LogP contribution is 2.39. The van der Waals surface area contributed by atoms with Crippen LogP contribution in [0.2, 0.25) is 0 Å². The molecule has 0 radical (unpaired) electrons. The lowest BCUT2D eigenvalue weighted by molar-refractivity contribution is 0.0216. The Morgan fingerprint density at radius 1 is 0.956 bits per heavy atom. The summed E-state index contributed by atoms with van der Waals surface area (Å²) in [5.41, 5.74) is 2.27. The predicted molar refractivity (Wildman–Crippen MR) is 165 cm³/mol. The van der Waals surface area contributed by atoms with E-state index >= 15 is 0 Å². The minimum absolute atomic E-state index is 0.0604. The number of halogens is 2. The second-order valence-corrected chi connectivity index (χ2v) is 13.9. The Morgan fingerprint density at radius 2 is 1.69 bits per heavy atom. The Hall–Kier alpha value is -4.18. The molecular weight excluding hydrogens is 625 g/mol. The van der Waals surface area contributed by atoms with Crippen molar-refractivity contribution >= 4 is 43.2 Å². The molecular formula is C30H29F2N7O4S2. The molecule has 0 aliphatic heterocycles. The van der Waals surface area contributed by atoms with Crippen molar-refractivity contribution in [3.8, 4) is 10.6 Å². The van der Waals surface area contributed by atoms with Crippen LogP contribution in [-0.2, 0) is 16.4 Å². The SMILES string of the molecule is Cc1nc(NCc2c(F)cccc2F)nc(N[C@@H]2C[C@H](CS(=O)(=O)c3ccncc3)[C@@H](O)[C@H]2O)c1-c1nc2c(C)nccc2s1. The molecule has 15 heteroatoms. The van der Waals surface area contributed by atoms with Gasteiger partial charge in [-0.2, -0.15) is 4.98 Å². The van der Waals surface area contributed by atoms with Crippen molar-refractivity contribution in [1.29, 1.82) is 0 Å². The minimum Gasteiger partial charge on any atom is -0.390 e. The van der Waals surface area contributed by atoms with Gasteiger partial charge in [0.1, 0.15) is 34.1 Å². The zero-order valence-electron chi connectivity index (χ0n) is 24.1. The number of aliphatic hydroxyl groups excluding tert-OH is 2. The number of sulfone groups is 1. The molecule has 1 fully saturated rings. The number of nitrogens with one attached hydrogen (secondary N) is 2. The fourth-order valence-electron chi connectivity index (χ4n) is 5.50. The highest BCUT2D eigenvalue weighted by Gasteiger charge is 2.44. The van der Waals surface area contributed by atoms with Crippen LogP contribution >= 0.6 is 11.3 Å². The van der Waals surface area contributed by atoms with Crippen molar-refractivity contribution in [3.05, 3.63) is 83.6 Å². The van der Waals surface area contributed by atoms with Crippen LogP contribution in [0.15, 0.2) is 59.9 Å². The molecule has 45 heavy (non-hydrogen) atoms. The zero-order chi connectivity index (χ0) is 31.9. The lowest BCUT2D eigenvalue weighted by atomic mass is 10.1. The lowest BCUT2D eigenvalue weighted by Gasteiger charge is -2.21. The number of thiazole rings is 1. The van der Waals surface area contributed by atoms with Gasteiger partial charge >= 0.3 is 0 Å². The largest absolute Gasteiger partial charge is 0.390 e. The van der Waals surface area contributed by atoms with E-state index in [4.69, 9.17) is 4.98 Å². The Kier molecular flexibility index (Phi) is 8.43. The van der Waals surface area contributed by atoms with E-state index in [2.05, 4.69) is 30.6 Å². The van der Waals surface area contributed by atoms with Gasteiger partial charge in [-0.1, -0.05) is 6.07 Å². The maximum atomic E-state index is 14.3. The maximum absolute atomic E-state index is 14.3. The van der Waals surface area contributed by atoms with Gasteiger partial charge in [0, 0.05) is 36.6 Å². The third kappa shape index (κ3) is 6.20. The quantitative estimate of drug-likeness (QED) is 0.182. The van der Waals surface area contributed by atoms with Crippen molar-refractivity contribution in [2.75, 3.05) is 16.4 Å². The average Bonchev–Trinajstić information content (AvgIpc) is 3.54. The molecule has 6 rings (SSSR count). The molecule has 1 aliphatic rings. The number of aryl methyl sites for hydroxylation is 2. The van der Waals surface area contributed by atoms with E-state index in [-0.39, 0.29) is 40.9 Å². The lowest BCUT2D eigenvalue weighted by Crippen LogP contribution is -2.36. The summed E-state index contributed by atoms with van der Waals surface area (Å²) in [5.74, 6) is -2.29. The number of pyridine rings is 2. The van der Waals surface area contributed by atoms with Crippen LogP contribution in [0.1, 0.15) is 23.4 Å². The molecule has 1 aromatic carbocycles. The van der Waals surface area contributed by atoms with Gasteiger partial charge in [0.2, 0.25) is 5.95 Å². The summed E-state index contributed by atoms with van der Waals surface area (Å²) in [6.07, 6.45) is 1.90. The molecule has 4 aromatic heterocycles. The van der Waals surface area contributed by atoms with E-state index in [1.165, 1.54) is 41.9 Å². The van der Waals surface area contributed by atoms with Crippen molar-refractivity contribution in [1.82, 2.24) is 24.9 Å². The van der Waals surface area contributed by atoms with Crippen LogP contribution < -0.4 is 10.6 Å². The monoisotopic (exact) mass is 653 g/mol. The maximum Gasteiger partial charge on any atom is 0.225 e. The van der Waals surface area contributed by atoms with E-state index in [9.17, 15) is 27.4 Å². The fourth-order valence-corrected chi connectivity index (χ4v) is 8.24. The van der Waals surface area contributed by atoms with Gasteiger partial charge in [0.15, 0.2) is 9.84 Å². The second-order valence-electron chi connectivity index (χ2n) is 10.9. The van der Waals surface area contributed by atoms with Gasteiger partial charge in [-0.25, -0.2) is 27.2 Å². The number of rotatable bonds is 9. The van der Waals surface area contributed by atoms with Gasteiger partial charge in [0.25, 0.3) is 0 Å². The Bertz CT molecular complexity index is 1960. The third-order valence-electron chi connectivity index (χ3n) is 7.85. The summed E-state index contributed by atoms with van der Waals surface area (Å²) >= 11 is 1.39. The third-order valence-corrected chi connectivity index (χ3v) is 10.7. The van der Waals surface area contributed by atoms with E-state index in [0.29, 0.717) is 21.8 Å². The normalized spacial score (nSPS) is 20.0. The second kappa shape index (κ2) is 12.3. The number of hydrogen-bond acceptors (Lipinski definition) is 12. The van der Waals surface area contributed by atoms with Crippen LogP contribution in [0.3, 0.4) is 0 Å². The van der Waals surface area contributed by atoms with Crippen LogP contribution in [0.4, 0.5) is 20.5 Å². The highest BCUT2D eigenvalue weighted by atomic mass is 32.2. The van der Waals surface area contributed by atoms with Crippen molar-refractivity contribution in [2.45, 2.75) is 50.0 Å². The fraction of sp³-hybridized carbons (Fsp3) is 0.300. The topological polar surface area (TPSA) is 163 Å². The van der Waals surface area contributed by atoms with E-state index < -0.39 is 45.6 Å². The van der Waals surface area contributed by atoms with Crippen molar-refractivity contribution < 1.29 is 27.4 Å². The summed E-state index contributed by atoms with van der Waals surface area (Å²) in [6.45, 7) is 3.35. The first kappa shape index (κ1) is 30.8. The van der Waals surface area contributed by atoms with Gasteiger partial charge in [0.05, 0.1) is 44.4 Å². The Morgan fingerprint density at radius 3 is 2.40 bits per heavy atom. The van der Waals surface area contributed by atoms with E-state index in [1.54, 1.807) is 13.1 Å². The summed E-state index contributed by atoms with van der Waals surface area (Å²) in [6, 6.07) is 7.41. The van der Waals surface area contributed by atoms with Crippen LogP contribution in [0.25, 0.3) is 20.8 Å². The molecule has 5 aromatic rings. The molecule has 4 atom stereocenters. The summed E-state index contributed by atoms with van der Waals surface area (Å²) in [4.78, 5) is 22.2. The van der Waals surface area contributed by atoms with E-state index in [0.717, 1.165) is 22.5 Å². The number of anilines is 2. The molecule has 4 heterocycles. The van der Waals surface area contributed by atoms with Gasteiger partial charge in [-0.15, -0.1) is 11.3 Å². The minimum atomic E-state index is -3.77. The zero-order valence-corrected chi connectivity index (χ0v) is 25.8. The Balaban J connectivity index is 1.33. The van der Waals surface area contributed by atoms with Crippen molar-refractivity contribution in [3.63, 3.8) is 0 Å². The Labute approximate surface area is 261 Å².